The van der Waals surface area contributed by atoms with Gasteiger partial charge in [0.1, 0.15) is 5.92 Å². The lowest BCUT2D eigenvalue weighted by molar-refractivity contribution is -0.141. The Morgan fingerprint density at radius 3 is 2.36 bits per heavy atom. The third kappa shape index (κ3) is 3.42. The zero-order valence-electron chi connectivity index (χ0n) is 23.0. The third-order valence-electron chi connectivity index (χ3n) is 8.30. The van der Waals surface area contributed by atoms with Crippen molar-refractivity contribution in [1.82, 2.24) is 19.9 Å². The highest BCUT2D eigenvalue weighted by atomic mass is 16.5. The minimum atomic E-state index is -1.07. The number of ether oxygens (including phenoxy) is 1. The molecule has 0 spiro atoms. The lowest BCUT2D eigenvalue weighted by Crippen LogP contribution is -2.20. The van der Waals surface area contributed by atoms with Crippen LogP contribution in [0.1, 0.15) is 87.1 Å². The number of hydrogen-bond acceptors (Lipinski definition) is 5. The van der Waals surface area contributed by atoms with Gasteiger partial charge in [0.05, 0.1) is 35.4 Å². The van der Waals surface area contributed by atoms with Crippen LogP contribution in [0.2, 0.25) is 0 Å². The van der Waals surface area contributed by atoms with Gasteiger partial charge in [-0.25, -0.2) is 9.97 Å². The van der Waals surface area contributed by atoms with Gasteiger partial charge in [0.2, 0.25) is 0 Å². The predicted octanol–water partition coefficient (Wildman–Crippen LogP) is 6.85. The number of aromatic nitrogens is 4. The Labute approximate surface area is 226 Å². The van der Waals surface area contributed by atoms with E-state index in [1.54, 1.807) is 0 Å². The van der Waals surface area contributed by atoms with Gasteiger partial charge in [-0.2, -0.15) is 0 Å². The van der Waals surface area contributed by atoms with Crippen LogP contribution in [0.25, 0.3) is 51.4 Å². The van der Waals surface area contributed by atoms with Crippen LogP contribution in [0.4, 0.5) is 0 Å². The number of fused-ring (bicyclic) bond motifs is 8. The first-order valence-corrected chi connectivity index (χ1v) is 13.1. The molecular formula is C32H30N4O3. The molecule has 0 amide bonds. The topological polar surface area (TPSA) is 101 Å². The number of nitrogens with zero attached hydrogens (tertiary/aromatic N) is 2. The van der Waals surface area contributed by atoms with Crippen molar-refractivity contribution in [3.05, 3.63) is 74.9 Å². The van der Waals surface area contributed by atoms with Crippen LogP contribution in [0.15, 0.2) is 18.7 Å². The molecule has 3 aromatic heterocycles. The smallest absolute Gasteiger partial charge is 0.321 e. The van der Waals surface area contributed by atoms with Crippen molar-refractivity contribution < 1.29 is 14.3 Å². The van der Waals surface area contributed by atoms with Crippen molar-refractivity contribution in [2.75, 3.05) is 7.11 Å². The number of rotatable bonds is 3. The summed E-state index contributed by atoms with van der Waals surface area (Å²) in [6.45, 7) is 14.3. The lowest BCUT2D eigenvalue weighted by Gasteiger charge is -2.09. The molecule has 1 unspecified atom stereocenters. The van der Waals surface area contributed by atoms with Crippen LogP contribution in [-0.4, -0.2) is 38.8 Å². The van der Waals surface area contributed by atoms with Gasteiger partial charge < -0.3 is 14.7 Å². The third-order valence-corrected chi connectivity index (χ3v) is 8.30. The van der Waals surface area contributed by atoms with E-state index < -0.39 is 11.9 Å². The van der Waals surface area contributed by atoms with Gasteiger partial charge in [-0.15, -0.1) is 0 Å². The van der Waals surface area contributed by atoms with Gasteiger partial charge in [0.25, 0.3) is 0 Å². The van der Waals surface area contributed by atoms with Crippen molar-refractivity contribution in [1.29, 1.82) is 0 Å². The number of ketones is 1. The molecule has 0 saturated carbocycles. The molecule has 7 nitrogen and oxygen atoms in total. The Morgan fingerprint density at radius 1 is 0.974 bits per heavy atom. The Hall–Kier alpha value is -4.52. The molecule has 2 aliphatic heterocycles. The molecule has 6 rings (SSSR count). The summed E-state index contributed by atoms with van der Waals surface area (Å²) < 4.78 is 5.07. The number of hydrogen-bond donors (Lipinski definition) is 2. The second-order valence-corrected chi connectivity index (χ2v) is 10.3. The first-order valence-electron chi connectivity index (χ1n) is 13.1. The molecule has 1 atom stereocenters. The van der Waals surface area contributed by atoms with E-state index in [0.29, 0.717) is 22.3 Å². The van der Waals surface area contributed by atoms with Crippen molar-refractivity contribution in [2.45, 2.75) is 47.0 Å². The average molecular weight is 519 g/mol. The SMILES string of the molecule is C=Cc1c(C)c2[nH]c1cc1nc(cc3[nH]c4c(c3C)C(=O)C(C(=O)OC)c4c3nc(c2C)C=C3)C(CC)=C1C. The van der Waals surface area contributed by atoms with Crippen LogP contribution in [-0.2, 0) is 9.53 Å². The number of carbonyl (C=O) groups is 2. The van der Waals surface area contributed by atoms with E-state index in [2.05, 4.69) is 43.4 Å². The van der Waals surface area contributed by atoms with Crippen LogP contribution < -0.4 is 0 Å². The molecule has 5 heterocycles. The molecule has 7 heteroatoms. The molecule has 0 fully saturated rings. The molecular weight excluding hydrogens is 488 g/mol. The van der Waals surface area contributed by atoms with Gasteiger partial charge in [-0.3, -0.25) is 9.59 Å². The van der Waals surface area contributed by atoms with E-state index in [9.17, 15) is 9.59 Å². The molecule has 0 radical (unpaired) electrons. The summed E-state index contributed by atoms with van der Waals surface area (Å²) in [7, 11) is 1.30. The molecule has 8 bridgehead atoms. The van der Waals surface area contributed by atoms with Gasteiger partial charge in [-0.1, -0.05) is 19.6 Å². The Balaban J connectivity index is 1.85. The number of esters is 1. The molecule has 39 heavy (non-hydrogen) atoms. The number of Topliss-reactive ketones (excluding diaryl/α,β-unsaturated/α-hetero) is 1. The summed E-state index contributed by atoms with van der Waals surface area (Å²) >= 11 is 0. The summed E-state index contributed by atoms with van der Waals surface area (Å²) in [5, 5.41) is 0. The van der Waals surface area contributed by atoms with E-state index in [0.717, 1.165) is 73.5 Å². The van der Waals surface area contributed by atoms with Crippen molar-refractivity contribution in [3.63, 3.8) is 0 Å². The number of nitrogens with one attached hydrogen (secondary N) is 2. The zero-order valence-corrected chi connectivity index (χ0v) is 23.0. The van der Waals surface area contributed by atoms with Gasteiger partial charge in [0, 0.05) is 33.2 Å². The largest absolute Gasteiger partial charge is 0.468 e. The van der Waals surface area contributed by atoms with Crippen molar-refractivity contribution in [3.8, 4) is 0 Å². The number of methoxy groups -OCH3 is 1. The lowest BCUT2D eigenvalue weighted by atomic mass is 9.97. The van der Waals surface area contributed by atoms with Gasteiger partial charge >= 0.3 is 5.97 Å². The van der Waals surface area contributed by atoms with Crippen molar-refractivity contribution >= 4 is 63.2 Å². The number of aryl methyl sites for hydroxylation is 3. The Morgan fingerprint density at radius 2 is 1.67 bits per heavy atom. The summed E-state index contributed by atoms with van der Waals surface area (Å²) in [6, 6.07) is 4.09. The highest BCUT2D eigenvalue weighted by Crippen LogP contribution is 2.42. The van der Waals surface area contributed by atoms with Crippen LogP contribution >= 0.6 is 0 Å². The summed E-state index contributed by atoms with van der Waals surface area (Å²) in [6.07, 6.45) is 6.47. The van der Waals surface area contributed by atoms with E-state index in [4.69, 9.17) is 14.7 Å². The minimum Gasteiger partial charge on any atom is -0.468 e. The molecule has 0 aromatic carbocycles. The fraction of sp³-hybridized carbons (Fsp3) is 0.250. The first-order chi connectivity index (χ1) is 18.7. The Kier molecular flexibility index (Phi) is 5.57. The monoisotopic (exact) mass is 518 g/mol. The van der Waals surface area contributed by atoms with E-state index in [1.807, 2.05) is 38.1 Å². The first kappa shape index (κ1) is 24.8. The quantitative estimate of drug-likeness (QED) is 0.228. The van der Waals surface area contributed by atoms with Gasteiger partial charge in [-0.05, 0) is 86.2 Å². The summed E-state index contributed by atoms with van der Waals surface area (Å²) in [5.74, 6) is -1.93. The summed E-state index contributed by atoms with van der Waals surface area (Å²) in [4.78, 5) is 43.6. The van der Waals surface area contributed by atoms with E-state index in [-0.39, 0.29) is 5.78 Å². The molecule has 2 N–H and O–H groups in total. The number of allylic oxidation sites excluding steroid dienone is 2. The number of H-pyrrole nitrogens is 2. The minimum absolute atomic E-state index is 0.275. The second-order valence-electron chi connectivity index (χ2n) is 10.3. The normalized spacial score (nSPS) is 15.8. The molecule has 0 saturated heterocycles. The number of carbonyl (C=O) groups excluding carboxylic acids is 2. The zero-order chi connectivity index (χ0) is 27.7. The number of aromatic amines is 2. The fourth-order valence-corrected chi connectivity index (χ4v) is 6.15. The summed E-state index contributed by atoms with van der Waals surface area (Å²) in [5.41, 5.74) is 13.5. The molecule has 1 aliphatic carbocycles. The fourth-order valence-electron chi connectivity index (χ4n) is 6.15. The van der Waals surface area contributed by atoms with Crippen LogP contribution in [0, 0.1) is 20.8 Å². The second kappa shape index (κ2) is 8.76. The molecule has 196 valence electrons. The van der Waals surface area contributed by atoms with Crippen LogP contribution in [0.3, 0.4) is 0 Å². The van der Waals surface area contributed by atoms with E-state index >= 15 is 0 Å². The van der Waals surface area contributed by atoms with E-state index in [1.165, 1.54) is 7.11 Å². The highest BCUT2D eigenvalue weighted by molar-refractivity contribution is 6.24. The predicted molar refractivity (Wildman–Crippen MR) is 156 cm³/mol. The van der Waals surface area contributed by atoms with Crippen molar-refractivity contribution in [2.24, 2.45) is 0 Å². The Bertz CT molecular complexity index is 1880. The maximum Gasteiger partial charge on any atom is 0.321 e. The molecule has 3 aliphatic rings. The highest BCUT2D eigenvalue weighted by Gasteiger charge is 2.42. The average Bonchev–Trinajstić information content (AvgIpc) is 3.70. The van der Waals surface area contributed by atoms with Gasteiger partial charge in [0.15, 0.2) is 5.78 Å². The standard InChI is InChI=1S/C32H30N4O3/c1-8-18-14(3)22-12-25-19(9-2)15(4)29(36-25)17(6)20-10-11-21(33-20)27-28(32(38)39-7)31(37)26-16(5)23(35-30(26)27)13-24(18)34-22/h9-13,28,35-36H,2,8H2,1,3-7H3. The maximum atomic E-state index is 13.7. The van der Waals surface area contributed by atoms with Crippen LogP contribution in [0.5, 0.6) is 0 Å². The molecule has 3 aromatic rings. The maximum absolute atomic E-state index is 13.7.